The van der Waals surface area contributed by atoms with Gasteiger partial charge in [0, 0.05) is 31.4 Å². The molecule has 1 atom stereocenters. The van der Waals surface area contributed by atoms with E-state index in [9.17, 15) is 4.79 Å². The molecule has 0 aliphatic carbocycles. The van der Waals surface area contributed by atoms with Crippen LogP contribution in [0.3, 0.4) is 0 Å². The lowest BCUT2D eigenvalue weighted by Gasteiger charge is -2.28. The van der Waals surface area contributed by atoms with Crippen LogP contribution in [0.4, 0.5) is 5.82 Å². The van der Waals surface area contributed by atoms with E-state index in [1.165, 1.54) is 5.56 Å². The summed E-state index contributed by atoms with van der Waals surface area (Å²) in [7, 11) is 3.40. The Morgan fingerprint density at radius 2 is 2.11 bits per heavy atom. The molecule has 0 spiro atoms. The molecule has 3 heterocycles. The number of amides is 1. The van der Waals surface area contributed by atoms with Crippen LogP contribution in [-0.4, -0.2) is 52.5 Å². The number of fused-ring (bicyclic) bond motifs is 1. The van der Waals surface area contributed by atoms with Crippen molar-refractivity contribution in [3.63, 3.8) is 0 Å². The van der Waals surface area contributed by atoms with E-state index in [1.807, 2.05) is 14.0 Å². The molecule has 1 N–H and O–H groups in total. The first kappa shape index (κ1) is 19.1. The van der Waals surface area contributed by atoms with Crippen LogP contribution in [0.25, 0.3) is 0 Å². The van der Waals surface area contributed by atoms with Gasteiger partial charge in [-0.3, -0.25) is 4.79 Å². The number of rotatable bonds is 6. The zero-order chi connectivity index (χ0) is 19.4. The quantitative estimate of drug-likeness (QED) is 0.842. The number of carbonyl (C=O) groups excluding carboxylic acids is 1. The maximum absolute atomic E-state index is 12.5. The predicted octanol–water partition coefficient (Wildman–Crippen LogP) is 2.31. The molecule has 0 bridgehead atoms. The maximum Gasteiger partial charge on any atom is 0.228 e. The summed E-state index contributed by atoms with van der Waals surface area (Å²) in [6, 6.07) is 6.25. The van der Waals surface area contributed by atoms with E-state index in [-0.39, 0.29) is 12.3 Å². The summed E-state index contributed by atoms with van der Waals surface area (Å²) < 4.78 is 5.15. The summed E-state index contributed by atoms with van der Waals surface area (Å²) in [6.45, 7) is 4.49. The molecule has 0 aromatic carbocycles. The minimum atomic E-state index is 0.0420. The minimum absolute atomic E-state index is 0.0420. The standard InChI is InChI=1S/C20H27N5O2/c1-13-5-6-15-7-8-16(24-20(15)21-13)9-10-25(3)19(26)12-17-11-18(27-4)23-14(2)22-17/h5-6,11,16H,7-10,12H2,1-4H3,(H,21,24)/t16-/m1/s1. The van der Waals surface area contributed by atoms with E-state index in [2.05, 4.69) is 32.4 Å². The lowest BCUT2D eigenvalue weighted by molar-refractivity contribution is -0.129. The number of aryl methyl sites for hydroxylation is 3. The molecule has 1 aliphatic heterocycles. The van der Waals surface area contributed by atoms with Gasteiger partial charge in [-0.05, 0) is 44.7 Å². The molecule has 7 heteroatoms. The molecule has 0 saturated carbocycles. The Bertz CT molecular complexity index is 824. The summed E-state index contributed by atoms with van der Waals surface area (Å²) in [4.78, 5) is 27.4. The monoisotopic (exact) mass is 369 g/mol. The third kappa shape index (κ3) is 4.93. The number of methoxy groups -OCH3 is 1. The van der Waals surface area contributed by atoms with Gasteiger partial charge in [-0.25, -0.2) is 9.97 Å². The van der Waals surface area contributed by atoms with Crippen molar-refractivity contribution in [2.75, 3.05) is 26.0 Å². The first-order valence-electron chi connectivity index (χ1n) is 9.30. The van der Waals surface area contributed by atoms with Gasteiger partial charge >= 0.3 is 0 Å². The molecule has 0 fully saturated rings. The fourth-order valence-corrected chi connectivity index (χ4v) is 3.28. The number of anilines is 1. The fraction of sp³-hybridized carbons (Fsp3) is 0.500. The van der Waals surface area contributed by atoms with Gasteiger partial charge in [0.2, 0.25) is 11.8 Å². The molecule has 0 saturated heterocycles. The van der Waals surface area contributed by atoms with Crippen molar-refractivity contribution < 1.29 is 9.53 Å². The first-order valence-corrected chi connectivity index (χ1v) is 9.30. The number of likely N-dealkylation sites (N-methyl/N-ethyl adjacent to an activating group) is 1. The highest BCUT2D eigenvalue weighted by Crippen LogP contribution is 2.24. The number of ether oxygens (including phenoxy) is 1. The van der Waals surface area contributed by atoms with Gasteiger partial charge in [-0.15, -0.1) is 0 Å². The van der Waals surface area contributed by atoms with Crippen LogP contribution in [0.5, 0.6) is 5.88 Å². The highest BCUT2D eigenvalue weighted by Gasteiger charge is 2.20. The Labute approximate surface area is 160 Å². The van der Waals surface area contributed by atoms with E-state index in [0.29, 0.717) is 30.0 Å². The molecular weight excluding hydrogens is 342 g/mol. The Morgan fingerprint density at radius 1 is 1.30 bits per heavy atom. The molecule has 1 amide bonds. The van der Waals surface area contributed by atoms with Crippen LogP contribution in [0.15, 0.2) is 18.2 Å². The van der Waals surface area contributed by atoms with Crippen LogP contribution < -0.4 is 10.1 Å². The van der Waals surface area contributed by atoms with Crippen molar-refractivity contribution in [2.24, 2.45) is 0 Å². The average Bonchev–Trinajstić information content (AvgIpc) is 2.65. The number of hydrogen-bond donors (Lipinski definition) is 1. The second-order valence-corrected chi connectivity index (χ2v) is 7.07. The SMILES string of the molecule is COc1cc(CC(=O)N(C)CC[C@H]2CCc3ccc(C)nc3N2)nc(C)n1. The Hall–Kier alpha value is -2.70. The second-order valence-electron chi connectivity index (χ2n) is 7.07. The number of aromatic nitrogens is 3. The van der Waals surface area contributed by atoms with Crippen molar-refractivity contribution >= 4 is 11.7 Å². The van der Waals surface area contributed by atoms with E-state index in [4.69, 9.17) is 4.74 Å². The topological polar surface area (TPSA) is 80.2 Å². The van der Waals surface area contributed by atoms with Gasteiger partial charge < -0.3 is 15.0 Å². The third-order valence-corrected chi connectivity index (χ3v) is 4.87. The molecule has 3 rings (SSSR count). The van der Waals surface area contributed by atoms with Crippen LogP contribution in [0.2, 0.25) is 0 Å². The lowest BCUT2D eigenvalue weighted by Crippen LogP contribution is -2.34. The van der Waals surface area contributed by atoms with Crippen LogP contribution >= 0.6 is 0 Å². The number of hydrogen-bond acceptors (Lipinski definition) is 6. The summed E-state index contributed by atoms with van der Waals surface area (Å²) in [5, 5.41) is 3.52. The molecule has 0 radical (unpaired) electrons. The maximum atomic E-state index is 12.5. The van der Waals surface area contributed by atoms with Gasteiger partial charge in [0.1, 0.15) is 11.6 Å². The summed E-state index contributed by atoms with van der Waals surface area (Å²) in [5.41, 5.74) is 2.97. The number of carbonyl (C=O) groups is 1. The van der Waals surface area contributed by atoms with Crippen LogP contribution in [0.1, 0.15) is 35.6 Å². The van der Waals surface area contributed by atoms with Crippen molar-refractivity contribution in [1.29, 1.82) is 0 Å². The minimum Gasteiger partial charge on any atom is -0.481 e. The molecule has 2 aromatic heterocycles. The summed E-state index contributed by atoms with van der Waals surface area (Å²) >= 11 is 0. The molecule has 1 aliphatic rings. The average molecular weight is 369 g/mol. The summed E-state index contributed by atoms with van der Waals surface area (Å²) in [5.74, 6) is 2.12. The highest BCUT2D eigenvalue weighted by molar-refractivity contribution is 5.78. The molecule has 27 heavy (non-hydrogen) atoms. The van der Waals surface area contributed by atoms with E-state index < -0.39 is 0 Å². The Balaban J connectivity index is 1.52. The molecule has 2 aromatic rings. The van der Waals surface area contributed by atoms with Crippen LogP contribution in [0, 0.1) is 13.8 Å². The van der Waals surface area contributed by atoms with Gasteiger partial charge in [0.15, 0.2) is 0 Å². The zero-order valence-electron chi connectivity index (χ0n) is 16.5. The van der Waals surface area contributed by atoms with Gasteiger partial charge in [0.05, 0.1) is 19.2 Å². The molecule has 0 unspecified atom stereocenters. The van der Waals surface area contributed by atoms with Crippen molar-refractivity contribution in [3.8, 4) is 5.88 Å². The van der Waals surface area contributed by atoms with Crippen molar-refractivity contribution in [1.82, 2.24) is 19.9 Å². The summed E-state index contributed by atoms with van der Waals surface area (Å²) in [6.07, 6.45) is 3.22. The van der Waals surface area contributed by atoms with E-state index in [0.717, 1.165) is 30.8 Å². The smallest absolute Gasteiger partial charge is 0.228 e. The Morgan fingerprint density at radius 3 is 2.89 bits per heavy atom. The van der Waals surface area contributed by atoms with Gasteiger partial charge in [0.25, 0.3) is 0 Å². The first-order chi connectivity index (χ1) is 12.9. The molecule has 144 valence electrons. The molecule has 7 nitrogen and oxygen atoms in total. The van der Waals surface area contributed by atoms with E-state index >= 15 is 0 Å². The predicted molar refractivity (Wildman–Crippen MR) is 104 cm³/mol. The number of pyridine rings is 1. The third-order valence-electron chi connectivity index (χ3n) is 4.87. The van der Waals surface area contributed by atoms with E-state index in [1.54, 1.807) is 25.0 Å². The van der Waals surface area contributed by atoms with Gasteiger partial charge in [-0.1, -0.05) is 6.07 Å². The normalized spacial score (nSPS) is 15.6. The van der Waals surface area contributed by atoms with Crippen molar-refractivity contribution in [2.45, 2.75) is 45.6 Å². The molecular formula is C20H27N5O2. The lowest BCUT2D eigenvalue weighted by atomic mass is 9.98. The fourth-order valence-electron chi connectivity index (χ4n) is 3.28. The Kier molecular flexibility index (Phi) is 5.88. The number of nitrogens with zero attached hydrogens (tertiary/aromatic N) is 4. The number of nitrogens with one attached hydrogen (secondary N) is 1. The van der Waals surface area contributed by atoms with Crippen LogP contribution in [-0.2, 0) is 17.6 Å². The zero-order valence-corrected chi connectivity index (χ0v) is 16.5. The largest absolute Gasteiger partial charge is 0.481 e. The van der Waals surface area contributed by atoms with Gasteiger partial charge in [-0.2, -0.15) is 4.98 Å². The highest BCUT2D eigenvalue weighted by atomic mass is 16.5. The second kappa shape index (κ2) is 8.33. The van der Waals surface area contributed by atoms with Crippen molar-refractivity contribution in [3.05, 3.63) is 41.0 Å².